The Hall–Kier alpha value is -1.90. The Morgan fingerprint density at radius 1 is 1.18 bits per heavy atom. The lowest BCUT2D eigenvalue weighted by molar-refractivity contribution is -0.185. The number of cyclic esters (lactones) is 1. The monoisotopic (exact) mass is 298 g/mol. The van der Waals surface area contributed by atoms with E-state index in [1.54, 1.807) is 0 Å². The molecule has 1 aromatic rings. The molecule has 116 valence electrons. The third kappa shape index (κ3) is 2.11. The molecule has 3 heteroatoms. The lowest BCUT2D eigenvalue weighted by Crippen LogP contribution is -2.53. The molecule has 1 saturated heterocycles. The average Bonchev–Trinajstić information content (AvgIpc) is 2.81. The number of ether oxygens (including phenoxy) is 1. The molecule has 1 aliphatic carbocycles. The van der Waals surface area contributed by atoms with Crippen LogP contribution in [0.3, 0.4) is 0 Å². The van der Waals surface area contributed by atoms with Crippen LogP contribution in [-0.4, -0.2) is 17.9 Å². The van der Waals surface area contributed by atoms with E-state index in [1.807, 2.05) is 57.2 Å². The van der Waals surface area contributed by atoms with Crippen molar-refractivity contribution in [2.24, 2.45) is 10.8 Å². The minimum absolute atomic E-state index is 0.131. The van der Waals surface area contributed by atoms with E-state index in [-0.39, 0.29) is 17.9 Å². The second kappa shape index (κ2) is 5.08. The number of esters is 1. The summed E-state index contributed by atoms with van der Waals surface area (Å²) in [6.07, 6.45) is 3.59. The molecule has 0 unspecified atom stereocenters. The van der Waals surface area contributed by atoms with Gasteiger partial charge in [0.2, 0.25) is 0 Å². The summed E-state index contributed by atoms with van der Waals surface area (Å²) < 4.78 is 5.65. The SMILES string of the molecule is CC[C@@H]1OC(=O)C(C)(C)C[C@]12CC=C(c1ccccc1)C2=O. The third-order valence-corrected chi connectivity index (χ3v) is 5.00. The number of ketones is 1. The highest BCUT2D eigenvalue weighted by atomic mass is 16.5. The molecule has 3 rings (SSSR count). The van der Waals surface area contributed by atoms with Gasteiger partial charge < -0.3 is 4.74 Å². The number of rotatable bonds is 2. The van der Waals surface area contributed by atoms with Crippen LogP contribution < -0.4 is 0 Å². The smallest absolute Gasteiger partial charge is 0.311 e. The van der Waals surface area contributed by atoms with Crippen LogP contribution in [0.5, 0.6) is 0 Å². The van der Waals surface area contributed by atoms with Gasteiger partial charge in [-0.3, -0.25) is 9.59 Å². The summed E-state index contributed by atoms with van der Waals surface area (Å²) in [6, 6.07) is 9.75. The molecule has 0 aromatic heterocycles. The van der Waals surface area contributed by atoms with Crippen LogP contribution in [-0.2, 0) is 14.3 Å². The molecule has 0 N–H and O–H groups in total. The van der Waals surface area contributed by atoms with Crippen LogP contribution in [0.4, 0.5) is 0 Å². The zero-order valence-corrected chi connectivity index (χ0v) is 13.4. The van der Waals surface area contributed by atoms with Crippen LogP contribution in [0.25, 0.3) is 5.57 Å². The summed E-state index contributed by atoms with van der Waals surface area (Å²) in [4.78, 5) is 25.3. The van der Waals surface area contributed by atoms with Crippen LogP contribution in [0.2, 0.25) is 0 Å². The van der Waals surface area contributed by atoms with Crippen LogP contribution in [0.1, 0.15) is 45.6 Å². The first-order valence-corrected chi connectivity index (χ1v) is 7.92. The molecule has 1 heterocycles. The molecule has 0 bridgehead atoms. The van der Waals surface area contributed by atoms with Gasteiger partial charge in [0.25, 0.3) is 0 Å². The molecule has 22 heavy (non-hydrogen) atoms. The van der Waals surface area contributed by atoms with Crippen molar-refractivity contribution in [1.82, 2.24) is 0 Å². The largest absolute Gasteiger partial charge is 0.461 e. The first-order valence-electron chi connectivity index (χ1n) is 7.92. The van der Waals surface area contributed by atoms with Gasteiger partial charge in [-0.25, -0.2) is 0 Å². The zero-order valence-electron chi connectivity index (χ0n) is 13.4. The van der Waals surface area contributed by atoms with E-state index in [0.717, 1.165) is 11.1 Å². The quantitative estimate of drug-likeness (QED) is 0.780. The molecule has 0 radical (unpaired) electrons. The lowest BCUT2D eigenvalue weighted by atomic mass is 9.64. The second-order valence-corrected chi connectivity index (χ2v) is 7.04. The number of allylic oxidation sites excluding steroid dienone is 2. The Kier molecular flexibility index (Phi) is 3.47. The van der Waals surface area contributed by atoms with Gasteiger partial charge in [-0.05, 0) is 38.7 Å². The molecular weight excluding hydrogens is 276 g/mol. The fourth-order valence-corrected chi connectivity index (χ4v) is 3.88. The Bertz CT molecular complexity index is 642. The van der Waals surface area contributed by atoms with Gasteiger partial charge >= 0.3 is 5.97 Å². The Balaban J connectivity index is 1.98. The van der Waals surface area contributed by atoms with Gasteiger partial charge in [0, 0.05) is 5.57 Å². The van der Waals surface area contributed by atoms with Crippen molar-refractivity contribution < 1.29 is 14.3 Å². The first-order chi connectivity index (χ1) is 10.4. The normalized spacial score (nSPS) is 30.3. The van der Waals surface area contributed by atoms with E-state index < -0.39 is 10.8 Å². The molecule has 2 atom stereocenters. The summed E-state index contributed by atoms with van der Waals surface area (Å²) in [5, 5.41) is 0. The van der Waals surface area contributed by atoms with Gasteiger partial charge in [-0.1, -0.05) is 43.3 Å². The number of hydrogen-bond donors (Lipinski definition) is 0. The van der Waals surface area contributed by atoms with Crippen molar-refractivity contribution in [3.05, 3.63) is 42.0 Å². The van der Waals surface area contributed by atoms with Gasteiger partial charge in [-0.15, -0.1) is 0 Å². The topological polar surface area (TPSA) is 43.4 Å². The standard InChI is InChI=1S/C19H22O3/c1-4-15-19(12-18(2,3)17(21)22-15)11-10-14(16(19)20)13-8-6-5-7-9-13/h5-10,15H,4,11-12H2,1-3H3/t15-,19+/m0/s1. The van der Waals surface area contributed by atoms with Crippen LogP contribution >= 0.6 is 0 Å². The van der Waals surface area contributed by atoms with Crippen molar-refractivity contribution in [2.75, 3.05) is 0 Å². The van der Waals surface area contributed by atoms with Gasteiger partial charge in [0.05, 0.1) is 10.8 Å². The molecular formula is C19H22O3. The Morgan fingerprint density at radius 3 is 2.50 bits per heavy atom. The molecule has 1 fully saturated rings. The van der Waals surface area contributed by atoms with Gasteiger partial charge in [0.15, 0.2) is 5.78 Å². The van der Waals surface area contributed by atoms with E-state index in [0.29, 0.717) is 19.3 Å². The Labute approximate surface area is 131 Å². The second-order valence-electron chi connectivity index (χ2n) is 7.04. The van der Waals surface area contributed by atoms with Gasteiger partial charge in [0.1, 0.15) is 6.10 Å². The van der Waals surface area contributed by atoms with E-state index in [1.165, 1.54) is 0 Å². The predicted octanol–water partition coefficient (Wildman–Crippen LogP) is 3.78. The fourth-order valence-electron chi connectivity index (χ4n) is 3.88. The van der Waals surface area contributed by atoms with Crippen molar-refractivity contribution in [3.63, 3.8) is 0 Å². The predicted molar refractivity (Wildman–Crippen MR) is 85.0 cm³/mol. The zero-order chi connectivity index (χ0) is 16.0. The molecule has 2 aliphatic rings. The van der Waals surface area contributed by atoms with E-state index in [4.69, 9.17) is 4.74 Å². The highest BCUT2D eigenvalue weighted by Gasteiger charge is 2.58. The van der Waals surface area contributed by atoms with Gasteiger partial charge in [-0.2, -0.15) is 0 Å². The minimum Gasteiger partial charge on any atom is -0.461 e. The summed E-state index contributed by atoms with van der Waals surface area (Å²) >= 11 is 0. The number of hydrogen-bond acceptors (Lipinski definition) is 3. The molecule has 3 nitrogen and oxygen atoms in total. The summed E-state index contributed by atoms with van der Waals surface area (Å²) in [5.41, 5.74) is 0.528. The molecule has 0 saturated carbocycles. The van der Waals surface area contributed by atoms with Crippen molar-refractivity contribution in [3.8, 4) is 0 Å². The number of carbonyl (C=O) groups excluding carboxylic acids is 2. The minimum atomic E-state index is -0.610. The van der Waals surface area contributed by atoms with Crippen molar-refractivity contribution >= 4 is 17.3 Å². The van der Waals surface area contributed by atoms with Crippen LogP contribution in [0, 0.1) is 10.8 Å². The number of carbonyl (C=O) groups is 2. The summed E-state index contributed by atoms with van der Waals surface area (Å²) in [5.74, 6) is -0.0583. The average molecular weight is 298 g/mol. The molecule has 1 spiro atoms. The molecule has 1 aromatic carbocycles. The number of benzene rings is 1. The van der Waals surface area contributed by atoms with Crippen molar-refractivity contribution in [1.29, 1.82) is 0 Å². The lowest BCUT2D eigenvalue weighted by Gasteiger charge is -2.45. The molecule has 1 aliphatic heterocycles. The highest BCUT2D eigenvalue weighted by molar-refractivity contribution is 6.26. The first kappa shape index (κ1) is 15.0. The van der Waals surface area contributed by atoms with E-state index >= 15 is 0 Å². The maximum absolute atomic E-state index is 13.2. The van der Waals surface area contributed by atoms with E-state index in [2.05, 4.69) is 0 Å². The van der Waals surface area contributed by atoms with Crippen molar-refractivity contribution in [2.45, 2.75) is 46.1 Å². The maximum atomic E-state index is 13.2. The number of Topliss-reactive ketones (excluding diaryl/α,β-unsaturated/α-hetero) is 1. The Morgan fingerprint density at radius 2 is 1.86 bits per heavy atom. The van der Waals surface area contributed by atoms with Crippen LogP contribution in [0.15, 0.2) is 36.4 Å². The molecule has 0 amide bonds. The summed E-state index contributed by atoms with van der Waals surface area (Å²) in [6.45, 7) is 5.72. The summed E-state index contributed by atoms with van der Waals surface area (Å²) in [7, 11) is 0. The highest BCUT2D eigenvalue weighted by Crippen LogP contribution is 2.53. The third-order valence-electron chi connectivity index (χ3n) is 5.00. The fraction of sp³-hybridized carbons (Fsp3) is 0.474. The maximum Gasteiger partial charge on any atom is 0.311 e. The van der Waals surface area contributed by atoms with E-state index in [9.17, 15) is 9.59 Å².